The van der Waals surface area contributed by atoms with Gasteiger partial charge in [-0.05, 0) is 139 Å². The highest BCUT2D eigenvalue weighted by atomic mass is 32.2. The summed E-state index contributed by atoms with van der Waals surface area (Å²) in [5.74, 6) is -0.977. The lowest BCUT2D eigenvalue weighted by Crippen LogP contribution is -2.32. The number of benzene rings is 4. The molecule has 23 heteroatoms. The first-order chi connectivity index (χ1) is 42.6. The molecule has 8 aromatic rings. The molecule has 2 unspecified atom stereocenters. The summed E-state index contributed by atoms with van der Waals surface area (Å²) in [6.45, 7) is 14.1. The summed E-state index contributed by atoms with van der Waals surface area (Å²) in [6, 6.07) is 14.5. The van der Waals surface area contributed by atoms with Gasteiger partial charge in [0.1, 0.15) is 23.1 Å². The molecule has 3 fully saturated rings. The van der Waals surface area contributed by atoms with Crippen molar-refractivity contribution < 1.29 is 36.3 Å². The lowest BCUT2D eigenvalue weighted by atomic mass is 10.0. The van der Waals surface area contributed by atoms with E-state index in [0.29, 0.717) is 122 Å². The second kappa shape index (κ2) is 24.9. The monoisotopic (exact) mass is 1230 g/mol. The molecule has 4 aromatic carbocycles. The molecule has 0 bridgehead atoms. The highest BCUT2D eigenvalue weighted by molar-refractivity contribution is 7.90. The van der Waals surface area contributed by atoms with E-state index in [2.05, 4.69) is 65.0 Å². The number of sulfone groups is 1. The Kier molecular flexibility index (Phi) is 17.3. The van der Waals surface area contributed by atoms with E-state index >= 15 is 8.78 Å². The zero-order valence-electron chi connectivity index (χ0n) is 52.0. The van der Waals surface area contributed by atoms with Crippen LogP contribution in [0.4, 0.5) is 54.8 Å². The van der Waals surface area contributed by atoms with Gasteiger partial charge in [0.25, 0.3) is 0 Å². The second-order valence-electron chi connectivity index (χ2n) is 24.0. The minimum Gasteiger partial charge on any atom is -0.494 e. The lowest BCUT2D eigenvalue weighted by molar-refractivity contribution is -0.112. The fraction of sp³-hybridized carbons (Fsp3) is 0.364. The first kappa shape index (κ1) is 61.7. The van der Waals surface area contributed by atoms with Crippen LogP contribution in [0.2, 0.25) is 0 Å². The Morgan fingerprint density at radius 3 is 1.66 bits per heavy atom. The van der Waals surface area contributed by atoms with Crippen LogP contribution in [0.5, 0.6) is 11.5 Å². The Bertz CT molecular complexity index is 4240. The van der Waals surface area contributed by atoms with Crippen LogP contribution >= 0.6 is 0 Å². The first-order valence-electron chi connectivity index (χ1n) is 29.7. The number of aryl methyl sites for hydroxylation is 2. The van der Waals surface area contributed by atoms with Crippen molar-refractivity contribution in [2.75, 3.05) is 120 Å². The molecule has 0 radical (unpaired) electrons. The standard InChI is InChI=1S/C66H76F2N14O6S/c1-13-58(83)71-48-30-50(56(87-10)32-52(48)79(8)25-23-77(5)6)76-66-70-22-20-47(74-66)44-36-82(41-17-18-41)55-29-45(67)61(63(68)62(44)55)42-28-39(42)34-78(7)24-26-80(9)53-33-57(88-11)51(31-49(53)72-59(84)14-2)75-65-69-21-19-46(73-65)43-35-81(40-15-16-40)54-27-37(3)64(89(12,85)86)38(4)60(43)54/h13-14,19-22,27,29-33,35-36,39-42H,1-2,15-18,23-26,28,34H2,3-12H3,(H,71,83)(H,72,84)(H,69,73,75)(H,70,74,76). The smallest absolute Gasteiger partial charge is 0.247 e. The highest BCUT2D eigenvalue weighted by Gasteiger charge is 2.44. The van der Waals surface area contributed by atoms with Crippen LogP contribution < -0.4 is 40.5 Å². The van der Waals surface area contributed by atoms with Gasteiger partial charge < -0.3 is 59.5 Å². The number of aromatic nitrogens is 6. The molecule has 4 aromatic heterocycles. The van der Waals surface area contributed by atoms with Crippen molar-refractivity contribution in [1.82, 2.24) is 38.9 Å². The summed E-state index contributed by atoms with van der Waals surface area (Å²) < 4.78 is 76.1. The van der Waals surface area contributed by atoms with Crippen molar-refractivity contribution >= 4 is 89.5 Å². The fourth-order valence-electron chi connectivity index (χ4n) is 12.2. The van der Waals surface area contributed by atoms with Gasteiger partial charge in [-0.25, -0.2) is 37.1 Å². The number of fused-ring (bicyclic) bond motifs is 2. The van der Waals surface area contributed by atoms with Gasteiger partial charge in [-0.15, -0.1) is 0 Å². The van der Waals surface area contributed by atoms with E-state index in [1.54, 1.807) is 50.9 Å². The predicted molar refractivity (Wildman–Crippen MR) is 349 cm³/mol. The van der Waals surface area contributed by atoms with Crippen LogP contribution in [-0.2, 0) is 19.4 Å². The number of hydrogen-bond donors (Lipinski definition) is 4. The number of rotatable bonds is 26. The molecule has 11 rings (SSSR count). The number of halogens is 2. The maximum Gasteiger partial charge on any atom is 0.247 e. The average molecular weight is 1230 g/mol. The Labute approximate surface area is 517 Å². The van der Waals surface area contributed by atoms with Crippen molar-refractivity contribution in [3.63, 3.8) is 0 Å². The number of methoxy groups -OCH3 is 2. The van der Waals surface area contributed by atoms with Crippen molar-refractivity contribution in [3.8, 4) is 34.0 Å². The molecule has 89 heavy (non-hydrogen) atoms. The minimum atomic E-state index is -3.53. The van der Waals surface area contributed by atoms with E-state index in [9.17, 15) is 18.0 Å². The quantitative estimate of drug-likeness (QED) is 0.0372. The van der Waals surface area contributed by atoms with Crippen LogP contribution in [0.1, 0.15) is 66.8 Å². The summed E-state index contributed by atoms with van der Waals surface area (Å²) in [6.07, 6.45) is 15.2. The zero-order chi connectivity index (χ0) is 63.3. The molecule has 0 saturated heterocycles. The van der Waals surface area contributed by atoms with Gasteiger partial charge in [0.15, 0.2) is 9.84 Å². The van der Waals surface area contributed by atoms with Gasteiger partial charge in [0.2, 0.25) is 23.7 Å². The average Bonchev–Trinajstić information content (AvgIpc) is 1.60. The number of carbonyl (C=O) groups is 2. The van der Waals surface area contributed by atoms with E-state index in [1.165, 1.54) is 24.5 Å². The molecule has 4 heterocycles. The van der Waals surface area contributed by atoms with E-state index < -0.39 is 27.4 Å². The molecule has 3 aliphatic carbocycles. The number of hydrogen-bond acceptors (Lipinski definition) is 16. The number of ether oxygens (including phenoxy) is 2. The molecule has 466 valence electrons. The first-order valence-corrected chi connectivity index (χ1v) is 31.6. The summed E-state index contributed by atoms with van der Waals surface area (Å²) in [7, 11) is 9.38. The number of anilines is 8. The van der Waals surface area contributed by atoms with Crippen LogP contribution in [-0.4, -0.2) is 148 Å². The molecule has 2 atom stereocenters. The molecular formula is C66H76F2N14O6S. The normalized spacial score (nSPS) is 15.6. The molecule has 0 aliphatic heterocycles. The molecule has 20 nitrogen and oxygen atoms in total. The highest BCUT2D eigenvalue weighted by Crippen LogP contribution is 2.53. The molecular weight excluding hydrogens is 1150 g/mol. The lowest BCUT2D eigenvalue weighted by Gasteiger charge is -2.27. The summed E-state index contributed by atoms with van der Waals surface area (Å²) in [4.78, 5) is 53.1. The summed E-state index contributed by atoms with van der Waals surface area (Å²) in [5.41, 5.74) is 8.54. The fourth-order valence-corrected chi connectivity index (χ4v) is 13.5. The molecule has 3 aliphatic rings. The van der Waals surface area contributed by atoms with Gasteiger partial charge in [-0.3, -0.25) is 9.59 Å². The number of nitrogens with zero attached hydrogens (tertiary/aromatic N) is 10. The van der Waals surface area contributed by atoms with Gasteiger partial charge in [-0.2, -0.15) is 0 Å². The Balaban J connectivity index is 0.804. The van der Waals surface area contributed by atoms with E-state index in [-0.39, 0.29) is 41.2 Å². The molecule has 3 saturated carbocycles. The van der Waals surface area contributed by atoms with Crippen LogP contribution in [0.25, 0.3) is 44.3 Å². The van der Waals surface area contributed by atoms with Crippen LogP contribution in [0.15, 0.2) is 104 Å². The second-order valence-corrected chi connectivity index (χ2v) is 25.9. The van der Waals surface area contributed by atoms with Crippen LogP contribution in [0.3, 0.4) is 0 Å². The van der Waals surface area contributed by atoms with Crippen molar-refractivity contribution in [2.45, 2.75) is 68.8 Å². The number of nitrogens with one attached hydrogen (secondary N) is 4. The number of likely N-dealkylation sites (N-methyl/N-ethyl adjacent to an activating group) is 4. The maximum atomic E-state index is 17.5. The SMILES string of the molecule is C=CC(=O)Nc1cc(Nc2nccc(-c3cn(C4CC4)c4cc(F)c(C5CC5CN(C)CCN(C)c5cc(OC)c(Nc6nccc(-c7cn(C8CC8)c8cc(C)c(S(C)(=O)=O)c(C)c78)n6)cc5NC(=O)C=C)c(F)c34)n2)c(OC)cc1N(C)CCN(C)C. The minimum absolute atomic E-state index is 0.0190. The summed E-state index contributed by atoms with van der Waals surface area (Å²) in [5, 5.41) is 13.6. The third-order valence-electron chi connectivity index (χ3n) is 17.0. The summed E-state index contributed by atoms with van der Waals surface area (Å²) >= 11 is 0. The van der Waals surface area contributed by atoms with E-state index in [1.807, 2.05) is 87.8 Å². The zero-order valence-corrected chi connectivity index (χ0v) is 52.8. The van der Waals surface area contributed by atoms with Gasteiger partial charge in [0, 0.05) is 135 Å². The molecule has 4 N–H and O–H groups in total. The van der Waals surface area contributed by atoms with E-state index in [0.717, 1.165) is 54.4 Å². The third-order valence-corrected chi connectivity index (χ3v) is 18.4. The topological polar surface area (TPSA) is 209 Å². The number of amides is 2. The van der Waals surface area contributed by atoms with Gasteiger partial charge >= 0.3 is 0 Å². The van der Waals surface area contributed by atoms with Crippen LogP contribution in [0, 0.1) is 31.4 Å². The predicted octanol–water partition coefficient (Wildman–Crippen LogP) is 11.4. The molecule has 0 spiro atoms. The largest absolute Gasteiger partial charge is 0.494 e. The Morgan fingerprint density at radius 1 is 0.697 bits per heavy atom. The van der Waals surface area contributed by atoms with E-state index in [4.69, 9.17) is 19.4 Å². The van der Waals surface area contributed by atoms with Crippen molar-refractivity contribution in [3.05, 3.63) is 127 Å². The third kappa shape index (κ3) is 12.9. The maximum absolute atomic E-state index is 17.5. The Hall–Kier alpha value is -8.93. The van der Waals surface area contributed by atoms with Gasteiger partial charge in [0.05, 0.1) is 70.1 Å². The van der Waals surface area contributed by atoms with Gasteiger partial charge in [-0.1, -0.05) is 13.2 Å². The van der Waals surface area contributed by atoms with Crippen molar-refractivity contribution in [2.24, 2.45) is 5.92 Å². The Morgan fingerprint density at radius 2 is 1.19 bits per heavy atom. The molecule has 2 amide bonds. The number of carbonyl (C=O) groups excluding carboxylic acids is 2. The van der Waals surface area contributed by atoms with Crippen molar-refractivity contribution in [1.29, 1.82) is 0 Å².